The largest absolute Gasteiger partial charge is 0.481 e. The molecular weight excluding hydrogens is 370 g/mol. The Balaban J connectivity index is 3.56. The van der Waals surface area contributed by atoms with Gasteiger partial charge in [-0.2, -0.15) is 5.01 Å². The van der Waals surface area contributed by atoms with E-state index in [0.29, 0.717) is 17.9 Å². The van der Waals surface area contributed by atoms with Gasteiger partial charge in [-0.05, 0) is 12.3 Å². The monoisotopic (exact) mass is 399 g/mol. The van der Waals surface area contributed by atoms with E-state index >= 15 is 0 Å². The fourth-order valence-electron chi connectivity index (χ4n) is 4.18. The number of carbonyl (C=O) groups is 3. The zero-order chi connectivity index (χ0) is 21.6. The molecule has 1 fully saturated rings. The molecule has 5 N–H and O–H groups in total. The third-order valence-electron chi connectivity index (χ3n) is 5.33. The predicted molar refractivity (Wildman–Crippen MR) is 99.8 cm³/mol. The average Bonchev–Trinajstić information content (AvgIpc) is 2.93. The number of nitroso groups, excluding NO2 is 1. The van der Waals surface area contributed by atoms with E-state index in [9.17, 15) is 24.4 Å². The van der Waals surface area contributed by atoms with Crippen LogP contribution in [0.4, 0.5) is 0 Å². The average molecular weight is 399 g/mol. The number of aliphatic carboxylic acids is 1. The Kier molecular flexibility index (Phi) is 8.33. The van der Waals surface area contributed by atoms with E-state index in [2.05, 4.69) is 10.6 Å². The summed E-state index contributed by atoms with van der Waals surface area (Å²) in [5.74, 6) is -4.88. The number of nitrogens with two attached hydrogens (primary N) is 1. The van der Waals surface area contributed by atoms with Crippen molar-refractivity contribution >= 4 is 23.8 Å². The van der Waals surface area contributed by atoms with E-state index in [4.69, 9.17) is 15.9 Å². The zero-order valence-electron chi connectivity index (χ0n) is 16.5. The molecule has 0 radical (unpaired) electrons. The van der Waals surface area contributed by atoms with Crippen LogP contribution in [0.3, 0.4) is 0 Å². The van der Waals surface area contributed by atoms with Gasteiger partial charge in [0.1, 0.15) is 6.10 Å². The Morgan fingerprint density at radius 1 is 1.32 bits per heavy atom. The highest BCUT2D eigenvalue weighted by atomic mass is 16.5. The van der Waals surface area contributed by atoms with Gasteiger partial charge in [-0.15, -0.1) is 4.91 Å². The molecule has 5 atom stereocenters. The second kappa shape index (κ2) is 10.00. The maximum absolute atomic E-state index is 11.9. The van der Waals surface area contributed by atoms with Crippen molar-refractivity contribution in [2.24, 2.45) is 28.8 Å². The van der Waals surface area contributed by atoms with E-state index in [-0.39, 0.29) is 18.2 Å². The second-order valence-electron chi connectivity index (χ2n) is 7.01. The fourth-order valence-corrected chi connectivity index (χ4v) is 4.18. The number of esters is 1. The summed E-state index contributed by atoms with van der Waals surface area (Å²) >= 11 is 0. The number of hydrogen-bond donors (Lipinski definition) is 4. The molecule has 0 saturated heterocycles. The first-order valence-corrected chi connectivity index (χ1v) is 9.22. The van der Waals surface area contributed by atoms with Gasteiger partial charge in [0, 0.05) is 25.8 Å². The molecule has 0 spiro atoms. The number of carboxylic acids is 1. The van der Waals surface area contributed by atoms with Gasteiger partial charge in [-0.1, -0.05) is 26.7 Å². The van der Waals surface area contributed by atoms with Crippen LogP contribution >= 0.6 is 0 Å². The van der Waals surface area contributed by atoms with Crippen LogP contribution in [0.25, 0.3) is 0 Å². The summed E-state index contributed by atoms with van der Waals surface area (Å²) in [6.07, 6.45) is 0.0913. The molecule has 1 amide bonds. The topological polar surface area (TPSA) is 175 Å². The minimum absolute atomic E-state index is 0.0811. The summed E-state index contributed by atoms with van der Waals surface area (Å²) in [7, 11) is 0. The number of rotatable bonds is 9. The summed E-state index contributed by atoms with van der Waals surface area (Å²) in [6, 6.07) is -1.52. The quantitative estimate of drug-likeness (QED) is 0.145. The van der Waals surface area contributed by atoms with Crippen LogP contribution in [-0.2, 0) is 19.1 Å². The molecule has 1 aliphatic rings. The number of nitrogens with one attached hydrogen (secondary N) is 2. The third-order valence-corrected chi connectivity index (χ3v) is 5.33. The van der Waals surface area contributed by atoms with Crippen LogP contribution in [0, 0.1) is 28.1 Å². The maximum Gasteiger partial charge on any atom is 0.310 e. The van der Waals surface area contributed by atoms with Gasteiger partial charge in [0.05, 0.1) is 17.2 Å². The molecule has 11 heteroatoms. The molecule has 0 aliphatic heterocycles. The third kappa shape index (κ3) is 5.17. The Bertz CT molecular complexity index is 623. The highest BCUT2D eigenvalue weighted by Crippen LogP contribution is 2.42. The SMILES string of the molecule is CCC(CC)[C@H](NC(C)=O)[C@@H]1[C@H](OC(C)=O)[C@@H](C(=O)O)C[C@H]1N(N=O)C(=N)N. The van der Waals surface area contributed by atoms with Gasteiger partial charge in [0.2, 0.25) is 11.9 Å². The van der Waals surface area contributed by atoms with Gasteiger partial charge < -0.3 is 20.9 Å². The van der Waals surface area contributed by atoms with Crippen LogP contribution in [0.1, 0.15) is 47.0 Å². The van der Waals surface area contributed by atoms with Gasteiger partial charge >= 0.3 is 11.9 Å². The molecule has 0 aromatic carbocycles. The first-order valence-electron chi connectivity index (χ1n) is 9.22. The second-order valence-corrected chi connectivity index (χ2v) is 7.01. The van der Waals surface area contributed by atoms with Crippen LogP contribution < -0.4 is 11.1 Å². The summed E-state index contributed by atoms with van der Waals surface area (Å²) in [6.45, 7) is 6.33. The van der Waals surface area contributed by atoms with Gasteiger partial charge in [0.15, 0.2) is 0 Å². The fraction of sp³-hybridized carbons (Fsp3) is 0.765. The lowest BCUT2D eigenvalue weighted by Gasteiger charge is -2.38. The van der Waals surface area contributed by atoms with Crippen molar-refractivity contribution in [3.05, 3.63) is 4.91 Å². The molecule has 11 nitrogen and oxygen atoms in total. The summed E-state index contributed by atoms with van der Waals surface area (Å²) in [5, 5.41) is 23.6. The van der Waals surface area contributed by atoms with E-state index in [1.165, 1.54) is 6.92 Å². The Hall–Kier alpha value is -2.72. The predicted octanol–water partition coefficient (Wildman–Crippen LogP) is 0.825. The number of amides is 1. The first kappa shape index (κ1) is 23.3. The summed E-state index contributed by atoms with van der Waals surface area (Å²) < 4.78 is 5.35. The minimum Gasteiger partial charge on any atom is -0.481 e. The molecule has 0 aromatic heterocycles. The molecule has 0 aromatic rings. The minimum atomic E-state index is -1.21. The zero-order valence-corrected chi connectivity index (χ0v) is 16.5. The number of carbonyl (C=O) groups excluding carboxylic acids is 2. The van der Waals surface area contributed by atoms with Crippen LogP contribution in [0.2, 0.25) is 0 Å². The van der Waals surface area contributed by atoms with E-state index in [1.54, 1.807) is 0 Å². The van der Waals surface area contributed by atoms with Crippen LogP contribution in [-0.4, -0.2) is 52.1 Å². The smallest absolute Gasteiger partial charge is 0.310 e. The Morgan fingerprint density at radius 2 is 1.89 bits per heavy atom. The highest BCUT2D eigenvalue weighted by Gasteiger charge is 2.55. The molecule has 0 heterocycles. The molecule has 0 bridgehead atoms. The molecule has 1 aliphatic carbocycles. The van der Waals surface area contributed by atoms with Crippen molar-refractivity contribution in [2.45, 2.75) is 65.1 Å². The standard InChI is InChI=1S/C17H29N5O6/c1-5-10(6-2)14(20-8(3)23)13-12(22(21-27)17(18)19)7-11(16(25)26)15(13)28-9(4)24/h10-15H,5-7H2,1-4H3,(H3,18,19)(H,20,23)(H,25,26)/t11-,12+,13+,14-,15+/m0/s1. The lowest BCUT2D eigenvalue weighted by Crippen LogP contribution is -2.55. The van der Waals surface area contributed by atoms with Crippen molar-refractivity contribution in [1.82, 2.24) is 10.3 Å². The van der Waals surface area contributed by atoms with Crippen molar-refractivity contribution in [2.75, 3.05) is 0 Å². The molecule has 1 rings (SSSR count). The van der Waals surface area contributed by atoms with Crippen LogP contribution in [0.15, 0.2) is 5.29 Å². The van der Waals surface area contributed by atoms with Crippen molar-refractivity contribution in [3.63, 3.8) is 0 Å². The van der Waals surface area contributed by atoms with Gasteiger partial charge in [-0.3, -0.25) is 19.8 Å². The lowest BCUT2D eigenvalue weighted by atomic mass is 9.80. The molecule has 158 valence electrons. The number of hydrogen-bond acceptors (Lipinski definition) is 7. The number of nitrogens with zero attached hydrogens (tertiary/aromatic N) is 2. The number of carboxylic acid groups (broad SMARTS) is 1. The normalized spacial score (nSPS) is 25.0. The maximum atomic E-state index is 11.9. The summed E-state index contributed by atoms with van der Waals surface area (Å²) in [5.41, 5.74) is 5.47. The summed E-state index contributed by atoms with van der Waals surface area (Å²) in [4.78, 5) is 46.7. The highest BCUT2D eigenvalue weighted by molar-refractivity contribution is 5.77. The molecule has 1 saturated carbocycles. The first-order chi connectivity index (χ1) is 13.1. The Morgan fingerprint density at radius 3 is 2.25 bits per heavy atom. The van der Waals surface area contributed by atoms with Crippen molar-refractivity contribution in [3.8, 4) is 0 Å². The van der Waals surface area contributed by atoms with Crippen LogP contribution in [0.5, 0.6) is 0 Å². The molecule has 0 unspecified atom stereocenters. The van der Waals surface area contributed by atoms with E-state index in [0.717, 1.165) is 6.92 Å². The number of ether oxygens (including phenoxy) is 1. The van der Waals surface area contributed by atoms with Crippen molar-refractivity contribution in [1.29, 1.82) is 5.41 Å². The molecule has 28 heavy (non-hydrogen) atoms. The lowest BCUT2D eigenvalue weighted by molar-refractivity contribution is -0.158. The molecular formula is C17H29N5O6. The Labute approximate surface area is 163 Å². The van der Waals surface area contributed by atoms with E-state index < -0.39 is 47.9 Å². The van der Waals surface area contributed by atoms with Gasteiger partial charge in [-0.25, -0.2) is 0 Å². The number of guanidine groups is 1. The van der Waals surface area contributed by atoms with Crippen molar-refractivity contribution < 1.29 is 24.2 Å². The van der Waals surface area contributed by atoms with Gasteiger partial charge in [0.25, 0.3) is 0 Å². The van der Waals surface area contributed by atoms with E-state index in [1.807, 2.05) is 13.8 Å².